The molecule has 1 aromatic heterocycles. The van der Waals surface area contributed by atoms with Crippen LogP contribution in [0.15, 0.2) is 130 Å². The Morgan fingerprint density at radius 1 is 0.855 bits per heavy atom. The number of ether oxygens (including phenoxy) is 1. The van der Waals surface area contributed by atoms with Gasteiger partial charge in [-0.15, -0.1) is 5.11 Å². The van der Waals surface area contributed by atoms with Crippen LogP contribution in [0, 0.1) is 13.5 Å². The fourth-order valence-electron chi connectivity index (χ4n) is 6.75. The fourth-order valence-corrected chi connectivity index (χ4v) is 6.75. The van der Waals surface area contributed by atoms with Gasteiger partial charge in [-0.05, 0) is 78.0 Å². The minimum atomic E-state index is -0.511. The number of carbonyl (C=O) groups is 2. The van der Waals surface area contributed by atoms with Gasteiger partial charge in [-0.3, -0.25) is 9.59 Å². The quantitative estimate of drug-likeness (QED) is 0.0630. The molecule has 0 bridgehead atoms. The predicted molar refractivity (Wildman–Crippen MR) is 215 cm³/mol. The normalized spacial score (nSPS) is 13.9. The van der Waals surface area contributed by atoms with Gasteiger partial charge in [-0.2, -0.15) is 5.11 Å². The van der Waals surface area contributed by atoms with E-state index in [1.807, 2.05) is 73.7 Å². The Morgan fingerprint density at radius 2 is 1.60 bits per heavy atom. The van der Waals surface area contributed by atoms with Crippen LogP contribution < -0.4 is 20.7 Å². The maximum Gasteiger partial charge on any atom is 0.273 e. The zero-order valence-electron chi connectivity index (χ0n) is 29.9. The van der Waals surface area contributed by atoms with Crippen LogP contribution in [0.2, 0.25) is 0 Å². The molecule has 12 heteroatoms. The lowest BCUT2D eigenvalue weighted by molar-refractivity contribution is -0.116. The van der Waals surface area contributed by atoms with Crippen molar-refractivity contribution < 1.29 is 19.4 Å². The molecule has 0 aliphatic carbocycles. The number of hydrogen-bond acceptors (Lipinski definition) is 7. The first-order chi connectivity index (χ1) is 26.8. The lowest BCUT2D eigenvalue weighted by Crippen LogP contribution is -2.23. The third-order valence-corrected chi connectivity index (χ3v) is 9.50. The minimum absolute atomic E-state index is 0.0360. The summed E-state index contributed by atoms with van der Waals surface area (Å²) in [6.07, 6.45) is 0. The molecule has 0 fully saturated rings. The molecule has 0 atom stereocenters. The van der Waals surface area contributed by atoms with Crippen LogP contribution in [-0.4, -0.2) is 41.9 Å². The van der Waals surface area contributed by atoms with E-state index in [1.165, 1.54) is 7.05 Å². The second-order valence-electron chi connectivity index (χ2n) is 12.8. The maximum absolute atomic E-state index is 13.8. The number of phenolic OH excluding ortho intramolecular Hbond substituents is 1. The highest BCUT2D eigenvalue weighted by Crippen LogP contribution is 2.44. The van der Waals surface area contributed by atoms with Gasteiger partial charge in [0, 0.05) is 40.0 Å². The Balaban J connectivity index is 1.18. The monoisotopic (exact) mass is 724 g/mol. The molecule has 2 amide bonds. The van der Waals surface area contributed by atoms with Gasteiger partial charge in [-0.1, -0.05) is 54.6 Å². The summed E-state index contributed by atoms with van der Waals surface area (Å²) in [5.74, 6) is -0.174. The molecule has 0 unspecified atom stereocenters. The molecule has 0 saturated heterocycles. The molecular formula is C43H32N8O4. The molecule has 268 valence electrons. The number of azo groups is 1. The van der Waals surface area contributed by atoms with E-state index in [-0.39, 0.29) is 22.7 Å². The molecule has 55 heavy (non-hydrogen) atoms. The summed E-state index contributed by atoms with van der Waals surface area (Å²) >= 11 is 0. The van der Waals surface area contributed by atoms with Crippen molar-refractivity contribution >= 4 is 78.7 Å². The number of anilines is 1. The number of aromatic hydroxyl groups is 1. The summed E-state index contributed by atoms with van der Waals surface area (Å²) in [7, 11) is 3.06. The number of amidine groups is 1. The number of hydrogen-bond donors (Lipinski definition) is 5. The van der Waals surface area contributed by atoms with E-state index in [4.69, 9.17) is 16.3 Å². The van der Waals surface area contributed by atoms with Gasteiger partial charge in [0.1, 0.15) is 17.3 Å². The van der Waals surface area contributed by atoms with Crippen LogP contribution >= 0.6 is 0 Å². The van der Waals surface area contributed by atoms with Crippen molar-refractivity contribution in [3.63, 3.8) is 0 Å². The second-order valence-corrected chi connectivity index (χ2v) is 12.8. The van der Waals surface area contributed by atoms with Gasteiger partial charge in [0.15, 0.2) is 5.75 Å². The van der Waals surface area contributed by atoms with Crippen molar-refractivity contribution in [2.24, 2.45) is 15.2 Å². The Labute approximate surface area is 314 Å². The van der Waals surface area contributed by atoms with Crippen LogP contribution in [0.4, 0.5) is 22.7 Å². The van der Waals surface area contributed by atoms with E-state index in [0.29, 0.717) is 50.7 Å². The zero-order chi connectivity index (χ0) is 38.2. The SMILES string of the molecule is [C-]#[N+]/C(C(=O)NC)=C1/NC(=Nc2ccc(N=Nc3c(O)c(C(=O)Nc4ccc(OC)cc4C)cc4ccc5c6ccccc6[nH]c5c34)cc2)c2ccccc21. The van der Waals surface area contributed by atoms with Crippen LogP contribution in [0.3, 0.4) is 0 Å². The molecule has 7 aromatic rings. The van der Waals surface area contributed by atoms with Crippen molar-refractivity contribution in [3.05, 3.63) is 149 Å². The molecule has 1 aliphatic heterocycles. The average Bonchev–Trinajstić information content (AvgIpc) is 3.77. The number of likely N-dealkylation sites (N-methyl/N-ethyl adjacent to an activating group) is 1. The van der Waals surface area contributed by atoms with Gasteiger partial charge in [0.25, 0.3) is 17.5 Å². The zero-order valence-corrected chi connectivity index (χ0v) is 29.9. The van der Waals surface area contributed by atoms with Gasteiger partial charge in [0.2, 0.25) is 0 Å². The summed E-state index contributed by atoms with van der Waals surface area (Å²) in [6.45, 7) is 9.46. The maximum atomic E-state index is 13.8. The third-order valence-electron chi connectivity index (χ3n) is 9.50. The molecule has 0 saturated carbocycles. The number of carbonyl (C=O) groups excluding carboxylic acids is 2. The number of H-pyrrole nitrogens is 1. The summed E-state index contributed by atoms with van der Waals surface area (Å²) in [4.78, 5) is 37.9. The molecular weight excluding hydrogens is 693 g/mol. The van der Waals surface area contributed by atoms with Crippen LogP contribution in [0.1, 0.15) is 27.0 Å². The fraction of sp³-hybridized carbons (Fsp3) is 0.0698. The number of para-hydroxylation sites is 1. The second kappa shape index (κ2) is 14.0. The number of rotatable bonds is 7. The summed E-state index contributed by atoms with van der Waals surface area (Å²) in [6, 6.07) is 33.2. The topological polar surface area (TPSA) is 157 Å². The minimum Gasteiger partial charge on any atom is -0.505 e. The van der Waals surface area contributed by atoms with Gasteiger partial charge < -0.3 is 30.8 Å². The lowest BCUT2D eigenvalue weighted by atomic mass is 10.00. The number of aromatic amines is 1. The smallest absolute Gasteiger partial charge is 0.273 e. The van der Waals surface area contributed by atoms with Gasteiger partial charge in [-0.25, -0.2) is 9.84 Å². The molecule has 0 radical (unpaired) electrons. The van der Waals surface area contributed by atoms with Gasteiger partial charge in [0.05, 0.1) is 41.8 Å². The first-order valence-corrected chi connectivity index (χ1v) is 17.2. The number of fused-ring (bicyclic) bond motifs is 6. The number of nitrogens with zero attached hydrogens (tertiary/aromatic N) is 4. The number of benzene rings is 6. The van der Waals surface area contributed by atoms with Crippen LogP contribution in [0.25, 0.3) is 43.1 Å². The number of aryl methyl sites for hydroxylation is 1. The van der Waals surface area contributed by atoms with Crippen molar-refractivity contribution in [1.29, 1.82) is 0 Å². The van der Waals surface area contributed by atoms with E-state index in [0.717, 1.165) is 32.9 Å². The number of amides is 2. The van der Waals surface area contributed by atoms with Crippen LogP contribution in [0.5, 0.6) is 11.5 Å². The Kier molecular flexibility index (Phi) is 8.72. The highest BCUT2D eigenvalue weighted by molar-refractivity contribution is 6.23. The average molecular weight is 725 g/mol. The molecule has 2 heterocycles. The molecule has 0 spiro atoms. The third kappa shape index (κ3) is 6.15. The van der Waals surface area contributed by atoms with E-state index in [2.05, 4.69) is 36.0 Å². The van der Waals surface area contributed by atoms with E-state index >= 15 is 0 Å². The summed E-state index contributed by atoms with van der Waals surface area (Å²) in [5, 5.41) is 32.7. The first-order valence-electron chi connectivity index (χ1n) is 17.2. The largest absolute Gasteiger partial charge is 0.505 e. The van der Waals surface area contributed by atoms with Crippen molar-refractivity contribution in [3.8, 4) is 11.5 Å². The number of nitrogens with one attached hydrogen (secondary N) is 4. The van der Waals surface area contributed by atoms with Gasteiger partial charge >= 0.3 is 0 Å². The van der Waals surface area contributed by atoms with E-state index in [9.17, 15) is 14.7 Å². The lowest BCUT2D eigenvalue weighted by Gasteiger charge is -2.13. The van der Waals surface area contributed by atoms with Crippen molar-refractivity contribution in [1.82, 2.24) is 15.6 Å². The van der Waals surface area contributed by atoms with E-state index < -0.39 is 11.8 Å². The van der Waals surface area contributed by atoms with Crippen molar-refractivity contribution in [2.75, 3.05) is 19.5 Å². The first kappa shape index (κ1) is 34.3. The molecule has 6 aromatic carbocycles. The summed E-state index contributed by atoms with van der Waals surface area (Å²) in [5.41, 5.74) is 6.05. The highest BCUT2D eigenvalue weighted by Gasteiger charge is 2.27. The number of aliphatic imine (C=N–C) groups is 1. The molecule has 5 N–H and O–H groups in total. The Bertz CT molecular complexity index is 2860. The Morgan fingerprint density at radius 3 is 2.35 bits per heavy atom. The number of methoxy groups -OCH3 is 1. The van der Waals surface area contributed by atoms with Crippen LogP contribution in [-0.2, 0) is 4.79 Å². The van der Waals surface area contributed by atoms with Crippen molar-refractivity contribution in [2.45, 2.75) is 6.92 Å². The highest BCUT2D eigenvalue weighted by atomic mass is 16.5. The summed E-state index contributed by atoms with van der Waals surface area (Å²) < 4.78 is 5.31. The molecule has 1 aliphatic rings. The Hall–Kier alpha value is -7.78. The predicted octanol–water partition coefficient (Wildman–Crippen LogP) is 9.18. The standard InChI is InChI=1S/C43H32N8O4/c1-23-21-27(55-4)18-20-33(23)48-42(53)32-22-24-13-19-30-28-9-7-8-12-34(28)47-36(30)35(24)38(40(32)52)51-50-26-16-14-25(15-17-26)46-41-31-11-6-5-10-29(31)37(49-41)39(44-2)43(54)45-3/h5-22,47,52H,1,3-4H3,(H,45,54)(H,46,49)(H,48,53)/b39-37+,51-50?. The molecule has 8 rings (SSSR count). The number of aromatic nitrogens is 1. The number of phenols is 1. The molecule has 12 nitrogen and oxygen atoms in total. The van der Waals surface area contributed by atoms with E-state index in [1.54, 1.807) is 49.6 Å².